The van der Waals surface area contributed by atoms with Crippen molar-refractivity contribution < 1.29 is 0 Å². The first-order chi connectivity index (χ1) is 15.8. The molecule has 3 heteroatoms. The number of benzene rings is 1. The van der Waals surface area contributed by atoms with Gasteiger partial charge in [0, 0.05) is 34.3 Å². The minimum Gasteiger partial charge on any atom is -0.399 e. The van der Waals surface area contributed by atoms with Gasteiger partial charge in [-0.1, -0.05) is 94.6 Å². The van der Waals surface area contributed by atoms with Crippen molar-refractivity contribution in [2.75, 3.05) is 18.0 Å². The lowest BCUT2D eigenvalue weighted by molar-refractivity contribution is 0.104. The summed E-state index contributed by atoms with van der Waals surface area (Å²) in [5.41, 5.74) is 10.0. The molecule has 0 spiro atoms. The van der Waals surface area contributed by atoms with Crippen LogP contribution in [0.2, 0.25) is 0 Å². The summed E-state index contributed by atoms with van der Waals surface area (Å²) in [6.45, 7) is 20.9. The highest BCUT2D eigenvalue weighted by atomic mass is 32.2. The van der Waals surface area contributed by atoms with Crippen LogP contribution in [0.4, 0.5) is 5.69 Å². The standard InChI is InChI=1S/C30H40N2S/c1-6-26(12-10-11-23(2)31)24(3)33-25(4)27-15-17-29(18-16-27)32-21-19-30(5,20-22-32)28-13-8-7-9-14-28/h6,10-12,15-18,28H,1-4,7-9,13-14,19-22,31H2,5H3/b11-10+,26-12+. The van der Waals surface area contributed by atoms with E-state index in [2.05, 4.69) is 62.4 Å². The molecule has 0 atom stereocenters. The molecule has 2 nitrogen and oxygen atoms in total. The molecule has 0 bridgehead atoms. The van der Waals surface area contributed by atoms with Gasteiger partial charge in [-0.3, -0.25) is 0 Å². The van der Waals surface area contributed by atoms with Crippen molar-refractivity contribution in [1.29, 1.82) is 0 Å². The van der Waals surface area contributed by atoms with E-state index in [0.717, 1.165) is 40.0 Å². The van der Waals surface area contributed by atoms with Gasteiger partial charge >= 0.3 is 0 Å². The van der Waals surface area contributed by atoms with Crippen molar-refractivity contribution >= 4 is 22.4 Å². The van der Waals surface area contributed by atoms with Crippen LogP contribution in [-0.4, -0.2) is 13.1 Å². The number of thioether (sulfide) groups is 1. The van der Waals surface area contributed by atoms with E-state index in [1.54, 1.807) is 23.9 Å². The number of hydrogen-bond acceptors (Lipinski definition) is 3. The quantitative estimate of drug-likeness (QED) is 0.376. The molecular weight excluding hydrogens is 420 g/mol. The Morgan fingerprint density at radius 3 is 2.27 bits per heavy atom. The van der Waals surface area contributed by atoms with Crippen LogP contribution < -0.4 is 10.6 Å². The minimum absolute atomic E-state index is 0.518. The minimum atomic E-state index is 0.518. The highest BCUT2D eigenvalue weighted by molar-refractivity contribution is 8.11. The summed E-state index contributed by atoms with van der Waals surface area (Å²) < 4.78 is 0. The zero-order valence-electron chi connectivity index (χ0n) is 20.3. The zero-order valence-corrected chi connectivity index (χ0v) is 21.1. The molecule has 1 saturated carbocycles. The van der Waals surface area contributed by atoms with Gasteiger partial charge in [0.05, 0.1) is 0 Å². The van der Waals surface area contributed by atoms with Crippen molar-refractivity contribution in [1.82, 2.24) is 0 Å². The second-order valence-electron chi connectivity index (χ2n) is 9.73. The van der Waals surface area contributed by atoms with Crippen molar-refractivity contribution in [3.05, 3.63) is 96.6 Å². The number of anilines is 1. The zero-order chi connectivity index (χ0) is 23.8. The summed E-state index contributed by atoms with van der Waals surface area (Å²) >= 11 is 1.57. The fraction of sp³-hybridized carbons (Fsp3) is 0.400. The van der Waals surface area contributed by atoms with Crippen LogP contribution in [0.3, 0.4) is 0 Å². The summed E-state index contributed by atoms with van der Waals surface area (Å²) in [5, 5.41) is 0. The second kappa shape index (κ2) is 11.7. The summed E-state index contributed by atoms with van der Waals surface area (Å²) in [7, 11) is 0. The van der Waals surface area contributed by atoms with Crippen molar-refractivity contribution in [3.63, 3.8) is 0 Å². The smallest absolute Gasteiger partial charge is 0.0366 e. The van der Waals surface area contributed by atoms with Crippen molar-refractivity contribution in [2.45, 2.75) is 51.9 Å². The number of nitrogens with zero attached hydrogens (tertiary/aromatic N) is 1. The maximum atomic E-state index is 5.58. The van der Waals surface area contributed by atoms with Crippen LogP contribution in [0, 0.1) is 11.3 Å². The van der Waals surface area contributed by atoms with Gasteiger partial charge in [0.1, 0.15) is 0 Å². The Kier molecular flexibility index (Phi) is 8.91. The molecule has 1 aliphatic carbocycles. The normalized spacial score (nSPS) is 19.4. The molecule has 1 heterocycles. The van der Waals surface area contributed by atoms with E-state index in [9.17, 15) is 0 Å². The molecule has 1 aromatic rings. The topological polar surface area (TPSA) is 29.3 Å². The van der Waals surface area contributed by atoms with Crippen molar-refractivity contribution in [2.24, 2.45) is 17.1 Å². The lowest BCUT2D eigenvalue weighted by atomic mass is 9.65. The van der Waals surface area contributed by atoms with Gasteiger partial charge in [-0.05, 0) is 66.4 Å². The maximum absolute atomic E-state index is 5.58. The average molecular weight is 461 g/mol. The highest BCUT2D eigenvalue weighted by Crippen LogP contribution is 2.46. The lowest BCUT2D eigenvalue weighted by Gasteiger charge is -2.46. The predicted octanol–water partition coefficient (Wildman–Crippen LogP) is 8.23. The van der Waals surface area contributed by atoms with Crippen LogP contribution in [-0.2, 0) is 0 Å². The fourth-order valence-electron chi connectivity index (χ4n) is 5.16. The largest absolute Gasteiger partial charge is 0.399 e. The van der Waals surface area contributed by atoms with Crippen LogP contribution in [0.25, 0.3) is 4.91 Å². The first-order valence-corrected chi connectivity index (χ1v) is 13.0. The number of rotatable bonds is 9. The summed E-state index contributed by atoms with van der Waals surface area (Å²) in [5.74, 6) is 0.934. The Hall–Kier alpha value is -2.39. The molecular formula is C30H40N2S. The van der Waals surface area contributed by atoms with Crippen LogP contribution in [0.1, 0.15) is 57.4 Å². The molecule has 1 saturated heterocycles. The third kappa shape index (κ3) is 6.80. The van der Waals surface area contributed by atoms with Crippen LogP contribution in [0.15, 0.2) is 91.1 Å². The fourth-order valence-corrected chi connectivity index (χ4v) is 5.98. The Morgan fingerprint density at radius 1 is 1.06 bits per heavy atom. The molecule has 176 valence electrons. The van der Waals surface area contributed by atoms with E-state index < -0.39 is 0 Å². The third-order valence-electron chi connectivity index (χ3n) is 7.43. The summed E-state index contributed by atoms with van der Waals surface area (Å²) in [6, 6.07) is 8.85. The lowest BCUT2D eigenvalue weighted by Crippen LogP contribution is -2.43. The number of allylic oxidation sites excluding steroid dienone is 5. The maximum Gasteiger partial charge on any atom is 0.0366 e. The molecule has 2 fully saturated rings. The van der Waals surface area contributed by atoms with Gasteiger partial charge in [-0.2, -0.15) is 0 Å². The monoisotopic (exact) mass is 460 g/mol. The van der Waals surface area contributed by atoms with Gasteiger partial charge in [0.25, 0.3) is 0 Å². The van der Waals surface area contributed by atoms with Crippen LogP contribution >= 0.6 is 11.8 Å². The molecule has 1 aromatic carbocycles. The molecule has 0 amide bonds. The van der Waals surface area contributed by atoms with Crippen molar-refractivity contribution in [3.8, 4) is 0 Å². The van der Waals surface area contributed by atoms with Gasteiger partial charge in [0.2, 0.25) is 0 Å². The molecule has 3 rings (SSSR count). The van der Waals surface area contributed by atoms with Crippen LogP contribution in [0.5, 0.6) is 0 Å². The van der Waals surface area contributed by atoms with Gasteiger partial charge in [-0.15, -0.1) is 0 Å². The van der Waals surface area contributed by atoms with Gasteiger partial charge in [-0.25, -0.2) is 0 Å². The highest BCUT2D eigenvalue weighted by Gasteiger charge is 2.37. The third-order valence-corrected chi connectivity index (χ3v) is 8.39. The number of hydrogen-bond donors (Lipinski definition) is 1. The van der Waals surface area contributed by atoms with E-state index in [0.29, 0.717) is 11.1 Å². The molecule has 2 aliphatic rings. The summed E-state index contributed by atoms with van der Waals surface area (Å²) in [6.07, 6.45) is 17.2. The molecule has 33 heavy (non-hydrogen) atoms. The molecule has 0 radical (unpaired) electrons. The summed E-state index contributed by atoms with van der Waals surface area (Å²) in [4.78, 5) is 4.44. The Bertz CT molecular complexity index is 921. The first-order valence-electron chi connectivity index (χ1n) is 12.2. The number of piperidine rings is 1. The van der Waals surface area contributed by atoms with E-state index in [1.807, 2.05) is 12.2 Å². The van der Waals surface area contributed by atoms with Gasteiger partial charge in [0.15, 0.2) is 0 Å². The molecule has 2 N–H and O–H groups in total. The molecule has 0 unspecified atom stereocenters. The van der Waals surface area contributed by atoms with E-state index >= 15 is 0 Å². The average Bonchev–Trinajstić information content (AvgIpc) is 2.83. The van der Waals surface area contributed by atoms with E-state index in [1.165, 1.54) is 50.6 Å². The SMILES string of the molecule is C=C/C(=C\C=C\C(=C)N)C(=C)SC(=C)c1ccc(N2CCC(C)(C3CCCCC3)CC2)cc1. The second-order valence-corrected chi connectivity index (χ2v) is 10.9. The van der Waals surface area contributed by atoms with E-state index in [4.69, 9.17) is 5.73 Å². The van der Waals surface area contributed by atoms with Gasteiger partial charge < -0.3 is 10.6 Å². The van der Waals surface area contributed by atoms with E-state index in [-0.39, 0.29) is 0 Å². The Labute approximate surface area is 205 Å². The Balaban J connectivity index is 1.56. The Morgan fingerprint density at radius 2 is 1.70 bits per heavy atom. The first kappa shape index (κ1) is 25.2. The molecule has 1 aliphatic heterocycles. The predicted molar refractivity (Wildman–Crippen MR) is 149 cm³/mol. The number of nitrogens with two attached hydrogens (primary N) is 1. The molecule has 0 aromatic heterocycles.